The number of rotatable bonds is 4. The van der Waals surface area contributed by atoms with Crippen LogP contribution in [-0.4, -0.2) is 31.6 Å². The molecule has 1 aliphatic rings. The van der Waals surface area contributed by atoms with Crippen molar-refractivity contribution in [2.75, 3.05) is 26.7 Å². The van der Waals surface area contributed by atoms with Crippen molar-refractivity contribution in [3.63, 3.8) is 0 Å². The molecule has 0 amide bonds. The van der Waals surface area contributed by atoms with Crippen LogP contribution in [0.2, 0.25) is 10.0 Å². The lowest BCUT2D eigenvalue weighted by atomic mass is 9.89. The highest BCUT2D eigenvalue weighted by atomic mass is 35.5. The lowest BCUT2D eigenvalue weighted by Gasteiger charge is -2.35. The third-order valence-electron chi connectivity index (χ3n) is 4.28. The highest BCUT2D eigenvalue weighted by molar-refractivity contribution is 6.36. The molecule has 0 bridgehead atoms. The Balaban J connectivity index is 2.43. The van der Waals surface area contributed by atoms with E-state index in [-0.39, 0.29) is 0 Å². The number of likely N-dealkylation sites (tertiary alicyclic amines) is 1. The second-order valence-corrected chi connectivity index (χ2v) is 6.34. The van der Waals surface area contributed by atoms with Crippen LogP contribution in [-0.2, 0) is 0 Å². The molecule has 0 spiro atoms. The van der Waals surface area contributed by atoms with Gasteiger partial charge in [0.05, 0.1) is 0 Å². The van der Waals surface area contributed by atoms with Crippen LogP contribution in [0.5, 0.6) is 0 Å². The summed E-state index contributed by atoms with van der Waals surface area (Å²) in [6.07, 6.45) is 3.76. The molecule has 1 aromatic rings. The fraction of sp³-hybridized carbons (Fsp3) is 0.625. The molecule has 20 heavy (non-hydrogen) atoms. The Morgan fingerprint density at radius 3 is 2.55 bits per heavy atom. The van der Waals surface area contributed by atoms with Gasteiger partial charge < -0.3 is 5.32 Å². The summed E-state index contributed by atoms with van der Waals surface area (Å²) in [7, 11) is 2.02. The Hall–Kier alpha value is -0.280. The maximum absolute atomic E-state index is 6.47. The molecule has 2 nitrogen and oxygen atoms in total. The van der Waals surface area contributed by atoms with Gasteiger partial charge in [0, 0.05) is 21.7 Å². The van der Waals surface area contributed by atoms with Crippen molar-refractivity contribution in [1.82, 2.24) is 10.2 Å². The highest BCUT2D eigenvalue weighted by Crippen LogP contribution is 2.41. The Morgan fingerprint density at radius 2 is 1.95 bits per heavy atom. The van der Waals surface area contributed by atoms with Gasteiger partial charge >= 0.3 is 0 Å². The number of nitrogens with zero attached hydrogens (tertiary/aromatic N) is 1. The maximum Gasteiger partial charge on any atom is 0.0468 e. The van der Waals surface area contributed by atoms with Crippen molar-refractivity contribution < 1.29 is 0 Å². The topological polar surface area (TPSA) is 15.3 Å². The van der Waals surface area contributed by atoms with Crippen molar-refractivity contribution in [1.29, 1.82) is 0 Å². The molecule has 112 valence electrons. The minimum atomic E-state index is 0.316. The molecular formula is C16H24Cl2N2. The molecule has 1 heterocycles. The van der Waals surface area contributed by atoms with Gasteiger partial charge in [0.1, 0.15) is 0 Å². The van der Waals surface area contributed by atoms with E-state index in [1.807, 2.05) is 25.2 Å². The lowest BCUT2D eigenvalue weighted by molar-refractivity contribution is 0.162. The Kier molecular flexibility index (Phi) is 6.16. The second-order valence-electron chi connectivity index (χ2n) is 5.52. The smallest absolute Gasteiger partial charge is 0.0468 e. The molecule has 1 N–H and O–H groups in total. The number of hydrogen-bond acceptors (Lipinski definition) is 2. The van der Waals surface area contributed by atoms with Gasteiger partial charge in [-0.15, -0.1) is 0 Å². The minimum Gasteiger partial charge on any atom is -0.319 e. The zero-order valence-electron chi connectivity index (χ0n) is 12.3. The van der Waals surface area contributed by atoms with E-state index in [1.165, 1.54) is 19.3 Å². The van der Waals surface area contributed by atoms with Crippen LogP contribution in [0.1, 0.15) is 37.8 Å². The second kappa shape index (κ2) is 7.65. The van der Waals surface area contributed by atoms with Crippen LogP contribution in [0.15, 0.2) is 18.2 Å². The van der Waals surface area contributed by atoms with Gasteiger partial charge in [-0.2, -0.15) is 0 Å². The summed E-state index contributed by atoms with van der Waals surface area (Å²) in [6, 6.07) is 6.15. The molecule has 2 unspecified atom stereocenters. The monoisotopic (exact) mass is 314 g/mol. The Morgan fingerprint density at radius 1 is 1.25 bits per heavy atom. The van der Waals surface area contributed by atoms with E-state index >= 15 is 0 Å². The molecule has 0 radical (unpaired) electrons. The van der Waals surface area contributed by atoms with Gasteiger partial charge in [0.15, 0.2) is 0 Å². The minimum absolute atomic E-state index is 0.316. The van der Waals surface area contributed by atoms with Crippen LogP contribution < -0.4 is 5.32 Å². The van der Waals surface area contributed by atoms with E-state index in [2.05, 4.69) is 17.1 Å². The Bertz CT molecular complexity index is 416. The van der Waals surface area contributed by atoms with E-state index in [9.17, 15) is 0 Å². The van der Waals surface area contributed by atoms with Gasteiger partial charge in [0.25, 0.3) is 0 Å². The summed E-state index contributed by atoms with van der Waals surface area (Å²) in [4.78, 5) is 2.53. The molecule has 1 saturated heterocycles. The first kappa shape index (κ1) is 16.1. The number of halogens is 2. The van der Waals surface area contributed by atoms with Crippen LogP contribution in [0, 0.1) is 5.92 Å². The third-order valence-corrected chi connectivity index (χ3v) is 4.94. The first-order valence-corrected chi connectivity index (χ1v) is 8.27. The standard InChI is InChI=1S/C16H24Cl2N2/c1-3-20-10-5-4-7-12(11-19-2)16(20)15-13(17)8-6-9-14(15)18/h6,8-9,12,16,19H,3-5,7,10-11H2,1-2H3. The van der Waals surface area contributed by atoms with Gasteiger partial charge in [-0.1, -0.05) is 42.6 Å². The molecular weight excluding hydrogens is 291 g/mol. The van der Waals surface area contributed by atoms with E-state index in [1.54, 1.807) is 0 Å². The normalized spacial score (nSPS) is 24.6. The summed E-state index contributed by atoms with van der Waals surface area (Å²) in [5.74, 6) is 0.555. The predicted octanol–water partition coefficient (Wildman–Crippen LogP) is 4.38. The maximum atomic E-state index is 6.47. The largest absolute Gasteiger partial charge is 0.319 e. The van der Waals surface area contributed by atoms with Crippen LogP contribution in [0.4, 0.5) is 0 Å². The molecule has 2 rings (SSSR count). The summed E-state index contributed by atoms with van der Waals surface area (Å²) >= 11 is 12.9. The zero-order valence-corrected chi connectivity index (χ0v) is 13.8. The van der Waals surface area contributed by atoms with Crippen LogP contribution >= 0.6 is 23.2 Å². The van der Waals surface area contributed by atoms with Gasteiger partial charge in [-0.25, -0.2) is 0 Å². The van der Waals surface area contributed by atoms with Crippen molar-refractivity contribution in [2.45, 2.75) is 32.2 Å². The van der Waals surface area contributed by atoms with Gasteiger partial charge in [-0.05, 0) is 57.6 Å². The molecule has 4 heteroatoms. The summed E-state index contributed by atoms with van der Waals surface area (Å²) in [5, 5.41) is 4.93. The van der Waals surface area contributed by atoms with E-state index in [4.69, 9.17) is 23.2 Å². The van der Waals surface area contributed by atoms with Crippen molar-refractivity contribution in [2.24, 2.45) is 5.92 Å². The average Bonchev–Trinajstić information content (AvgIpc) is 2.62. The first-order valence-electron chi connectivity index (χ1n) is 7.51. The third kappa shape index (κ3) is 3.48. The molecule has 2 atom stereocenters. The van der Waals surface area contributed by atoms with Crippen molar-refractivity contribution in [3.05, 3.63) is 33.8 Å². The Labute approximate surface area is 132 Å². The molecule has 1 fully saturated rings. The van der Waals surface area contributed by atoms with Gasteiger partial charge in [-0.3, -0.25) is 4.90 Å². The summed E-state index contributed by atoms with van der Waals surface area (Å²) in [5.41, 5.74) is 1.11. The molecule has 0 aromatic heterocycles. The lowest BCUT2D eigenvalue weighted by Crippen LogP contribution is -2.36. The van der Waals surface area contributed by atoms with Crippen molar-refractivity contribution in [3.8, 4) is 0 Å². The quantitative estimate of drug-likeness (QED) is 0.887. The first-order chi connectivity index (χ1) is 9.69. The molecule has 1 aromatic carbocycles. The molecule has 0 aliphatic carbocycles. The van der Waals surface area contributed by atoms with Crippen LogP contribution in [0.3, 0.4) is 0 Å². The number of benzene rings is 1. The van der Waals surface area contributed by atoms with Gasteiger partial charge in [0.2, 0.25) is 0 Å². The zero-order chi connectivity index (χ0) is 14.5. The number of hydrogen-bond donors (Lipinski definition) is 1. The van der Waals surface area contributed by atoms with E-state index in [0.29, 0.717) is 12.0 Å². The van der Waals surface area contributed by atoms with Crippen LogP contribution in [0.25, 0.3) is 0 Å². The SMILES string of the molecule is CCN1CCCCC(CNC)C1c1c(Cl)cccc1Cl. The number of nitrogens with one attached hydrogen (secondary N) is 1. The summed E-state index contributed by atoms with van der Waals surface area (Å²) in [6.45, 7) is 5.39. The van der Waals surface area contributed by atoms with Crippen molar-refractivity contribution >= 4 is 23.2 Å². The predicted molar refractivity (Wildman–Crippen MR) is 87.7 cm³/mol. The fourth-order valence-corrected chi connectivity index (χ4v) is 3.98. The fourth-order valence-electron chi connectivity index (χ4n) is 3.36. The average molecular weight is 315 g/mol. The molecule has 1 aliphatic heterocycles. The summed E-state index contributed by atoms with van der Waals surface area (Å²) < 4.78 is 0. The van der Waals surface area contributed by atoms with E-state index < -0.39 is 0 Å². The molecule has 0 saturated carbocycles. The highest BCUT2D eigenvalue weighted by Gasteiger charge is 2.32. The van der Waals surface area contributed by atoms with E-state index in [0.717, 1.165) is 35.2 Å².